The SMILES string of the molecule is CCCN(Cc1ccccc1)c1nc(-c2ccncc2)nc2ccccc12. The molecule has 0 radical (unpaired) electrons. The first-order valence-corrected chi connectivity index (χ1v) is 9.31. The van der Waals surface area contributed by atoms with Crippen LogP contribution in [0.3, 0.4) is 0 Å². The van der Waals surface area contributed by atoms with Gasteiger partial charge in [0.15, 0.2) is 5.82 Å². The van der Waals surface area contributed by atoms with Crippen LogP contribution in [0.5, 0.6) is 0 Å². The van der Waals surface area contributed by atoms with Crippen molar-refractivity contribution in [2.75, 3.05) is 11.4 Å². The molecule has 4 heteroatoms. The average molecular weight is 354 g/mol. The van der Waals surface area contributed by atoms with E-state index in [4.69, 9.17) is 9.97 Å². The number of rotatable bonds is 6. The summed E-state index contributed by atoms with van der Waals surface area (Å²) in [5.41, 5.74) is 3.22. The van der Waals surface area contributed by atoms with Gasteiger partial charge in [0.25, 0.3) is 0 Å². The molecule has 2 aromatic carbocycles. The Bertz CT molecular complexity index is 1020. The van der Waals surface area contributed by atoms with Gasteiger partial charge < -0.3 is 4.90 Å². The molecule has 0 aliphatic carbocycles. The zero-order valence-corrected chi connectivity index (χ0v) is 15.4. The number of hydrogen-bond acceptors (Lipinski definition) is 4. The summed E-state index contributed by atoms with van der Waals surface area (Å²) in [6.45, 7) is 3.96. The van der Waals surface area contributed by atoms with Crippen molar-refractivity contribution in [3.63, 3.8) is 0 Å². The maximum atomic E-state index is 4.97. The summed E-state index contributed by atoms with van der Waals surface area (Å²) >= 11 is 0. The van der Waals surface area contributed by atoms with E-state index in [1.807, 2.05) is 24.3 Å². The molecule has 0 saturated carbocycles. The first kappa shape index (κ1) is 17.2. The van der Waals surface area contributed by atoms with Crippen LogP contribution >= 0.6 is 0 Å². The Morgan fingerprint density at radius 1 is 0.815 bits per heavy atom. The third-order valence-corrected chi connectivity index (χ3v) is 4.53. The minimum Gasteiger partial charge on any atom is -0.352 e. The lowest BCUT2D eigenvalue weighted by atomic mass is 10.1. The maximum Gasteiger partial charge on any atom is 0.162 e. The second-order valence-corrected chi connectivity index (χ2v) is 6.53. The summed E-state index contributed by atoms with van der Waals surface area (Å²) in [6.07, 6.45) is 4.61. The molecule has 0 spiro atoms. The number of pyridine rings is 1. The average Bonchev–Trinajstić information content (AvgIpc) is 2.74. The van der Waals surface area contributed by atoms with Crippen molar-refractivity contribution < 1.29 is 0 Å². The second-order valence-electron chi connectivity index (χ2n) is 6.53. The molecule has 27 heavy (non-hydrogen) atoms. The summed E-state index contributed by atoms with van der Waals surface area (Å²) < 4.78 is 0. The van der Waals surface area contributed by atoms with Crippen LogP contribution in [0, 0.1) is 0 Å². The van der Waals surface area contributed by atoms with E-state index < -0.39 is 0 Å². The summed E-state index contributed by atoms with van der Waals surface area (Å²) in [6, 6.07) is 22.7. The fraction of sp³-hybridized carbons (Fsp3) is 0.174. The molecule has 4 nitrogen and oxygen atoms in total. The van der Waals surface area contributed by atoms with Crippen molar-refractivity contribution in [3.05, 3.63) is 84.7 Å². The number of para-hydroxylation sites is 1. The summed E-state index contributed by atoms with van der Waals surface area (Å²) in [7, 11) is 0. The molecule has 0 unspecified atom stereocenters. The fourth-order valence-corrected chi connectivity index (χ4v) is 3.26. The predicted molar refractivity (Wildman–Crippen MR) is 111 cm³/mol. The monoisotopic (exact) mass is 354 g/mol. The van der Waals surface area contributed by atoms with E-state index in [-0.39, 0.29) is 0 Å². The molecule has 0 N–H and O–H groups in total. The minimum atomic E-state index is 0.736. The van der Waals surface area contributed by atoms with Gasteiger partial charge in [-0.3, -0.25) is 4.98 Å². The number of benzene rings is 2. The van der Waals surface area contributed by atoms with Crippen molar-refractivity contribution in [2.24, 2.45) is 0 Å². The molecule has 4 rings (SSSR count). The molecule has 2 heterocycles. The number of nitrogens with zero attached hydrogens (tertiary/aromatic N) is 4. The first-order valence-electron chi connectivity index (χ1n) is 9.31. The lowest BCUT2D eigenvalue weighted by Gasteiger charge is -2.25. The molecule has 0 saturated heterocycles. The molecule has 134 valence electrons. The summed E-state index contributed by atoms with van der Waals surface area (Å²) in [4.78, 5) is 16.2. The highest BCUT2D eigenvalue weighted by molar-refractivity contribution is 5.91. The Kier molecular flexibility index (Phi) is 5.06. The first-order chi connectivity index (χ1) is 13.3. The molecule has 0 aliphatic rings. The van der Waals surface area contributed by atoms with E-state index >= 15 is 0 Å². The number of anilines is 1. The molecule has 0 atom stereocenters. The van der Waals surface area contributed by atoms with Crippen molar-refractivity contribution in [1.82, 2.24) is 15.0 Å². The molecule has 2 aromatic heterocycles. The standard InChI is InChI=1S/C23H22N4/c1-2-16-27(17-18-8-4-3-5-9-18)23-20-10-6-7-11-21(20)25-22(26-23)19-12-14-24-15-13-19/h3-15H,2,16-17H2,1H3. The predicted octanol–water partition coefficient (Wildman–Crippen LogP) is 5.11. The largest absolute Gasteiger partial charge is 0.352 e. The van der Waals surface area contributed by atoms with E-state index in [2.05, 4.69) is 59.3 Å². The van der Waals surface area contributed by atoms with E-state index in [9.17, 15) is 0 Å². The van der Waals surface area contributed by atoms with Crippen LogP contribution in [0.1, 0.15) is 18.9 Å². The maximum absolute atomic E-state index is 4.97. The van der Waals surface area contributed by atoms with E-state index in [0.29, 0.717) is 0 Å². The van der Waals surface area contributed by atoms with E-state index in [1.54, 1.807) is 12.4 Å². The fourth-order valence-electron chi connectivity index (χ4n) is 3.26. The van der Waals surface area contributed by atoms with Crippen molar-refractivity contribution in [3.8, 4) is 11.4 Å². The second kappa shape index (κ2) is 7.96. The Balaban J connectivity index is 1.84. The molecule has 0 bridgehead atoms. The van der Waals surface area contributed by atoms with Gasteiger partial charge in [-0.2, -0.15) is 0 Å². The van der Waals surface area contributed by atoms with Crippen molar-refractivity contribution >= 4 is 16.7 Å². The van der Waals surface area contributed by atoms with E-state index in [1.165, 1.54) is 5.56 Å². The van der Waals surface area contributed by atoms with Crippen LogP contribution in [0.15, 0.2) is 79.1 Å². The van der Waals surface area contributed by atoms with Gasteiger partial charge >= 0.3 is 0 Å². The third kappa shape index (κ3) is 3.80. The number of aromatic nitrogens is 3. The van der Waals surface area contributed by atoms with Crippen LogP contribution in [-0.4, -0.2) is 21.5 Å². The zero-order chi connectivity index (χ0) is 18.5. The van der Waals surface area contributed by atoms with Gasteiger partial charge in [-0.05, 0) is 36.2 Å². The van der Waals surface area contributed by atoms with Crippen LogP contribution in [-0.2, 0) is 6.54 Å². The minimum absolute atomic E-state index is 0.736. The van der Waals surface area contributed by atoms with Crippen molar-refractivity contribution in [2.45, 2.75) is 19.9 Å². The lowest BCUT2D eigenvalue weighted by Crippen LogP contribution is -2.25. The van der Waals surface area contributed by atoms with Crippen molar-refractivity contribution in [1.29, 1.82) is 0 Å². The number of hydrogen-bond donors (Lipinski definition) is 0. The summed E-state index contributed by atoms with van der Waals surface area (Å²) in [5, 5.41) is 1.08. The van der Waals surface area contributed by atoms with Gasteiger partial charge in [-0.1, -0.05) is 49.4 Å². The molecule has 0 amide bonds. The highest BCUT2D eigenvalue weighted by Gasteiger charge is 2.15. The van der Waals surface area contributed by atoms with Gasteiger partial charge in [0.2, 0.25) is 0 Å². The molecule has 0 fully saturated rings. The smallest absolute Gasteiger partial charge is 0.162 e. The van der Waals surface area contributed by atoms with Gasteiger partial charge in [-0.15, -0.1) is 0 Å². The lowest BCUT2D eigenvalue weighted by molar-refractivity contribution is 0.757. The highest BCUT2D eigenvalue weighted by atomic mass is 15.2. The highest BCUT2D eigenvalue weighted by Crippen LogP contribution is 2.28. The Labute approximate surface area is 159 Å². The topological polar surface area (TPSA) is 41.9 Å². The van der Waals surface area contributed by atoms with Gasteiger partial charge in [-0.25, -0.2) is 9.97 Å². The van der Waals surface area contributed by atoms with Crippen LogP contribution < -0.4 is 4.90 Å². The Morgan fingerprint density at radius 2 is 1.56 bits per heavy atom. The van der Waals surface area contributed by atoms with E-state index in [0.717, 1.165) is 47.6 Å². The quantitative estimate of drug-likeness (QED) is 0.482. The molecular weight excluding hydrogens is 332 g/mol. The number of fused-ring (bicyclic) bond motifs is 1. The van der Waals surface area contributed by atoms with Gasteiger partial charge in [0.05, 0.1) is 5.52 Å². The van der Waals surface area contributed by atoms with Crippen LogP contribution in [0.25, 0.3) is 22.3 Å². The normalized spacial score (nSPS) is 10.9. The van der Waals surface area contributed by atoms with Crippen LogP contribution in [0.4, 0.5) is 5.82 Å². The molecular formula is C23H22N4. The Hall–Kier alpha value is -3.27. The molecule has 0 aliphatic heterocycles. The molecule has 4 aromatic rings. The zero-order valence-electron chi connectivity index (χ0n) is 15.4. The van der Waals surface area contributed by atoms with Gasteiger partial charge in [0.1, 0.15) is 5.82 Å². The third-order valence-electron chi connectivity index (χ3n) is 4.53. The van der Waals surface area contributed by atoms with Gasteiger partial charge in [0, 0.05) is 36.4 Å². The Morgan fingerprint density at radius 3 is 2.33 bits per heavy atom. The van der Waals surface area contributed by atoms with Crippen LogP contribution in [0.2, 0.25) is 0 Å². The summed E-state index contributed by atoms with van der Waals surface area (Å²) in [5.74, 6) is 1.72.